The average molecular weight is 409 g/mol. The van der Waals surface area contributed by atoms with Gasteiger partial charge in [-0.2, -0.15) is 0 Å². The first kappa shape index (κ1) is 18.0. The van der Waals surface area contributed by atoms with Crippen LogP contribution in [0.25, 0.3) is 0 Å². The molecule has 2 rings (SSSR count). The molecule has 7 heteroatoms. The Morgan fingerprint density at radius 1 is 0.714 bits per heavy atom. The van der Waals surface area contributed by atoms with Gasteiger partial charge in [0.1, 0.15) is 0 Å². The molecule has 1 unspecified atom stereocenters. The van der Waals surface area contributed by atoms with Crippen LogP contribution in [0.3, 0.4) is 0 Å². The van der Waals surface area contributed by atoms with Crippen molar-refractivity contribution in [1.29, 1.82) is 0 Å². The molecule has 2 aliphatic rings. The fourth-order valence-corrected chi connectivity index (χ4v) is 4.15. The number of alkyl halides is 2. The molecule has 0 spiro atoms. The Hall–Kier alpha value is 0.700. The predicted molar refractivity (Wildman–Crippen MR) is 81.9 cm³/mol. The van der Waals surface area contributed by atoms with E-state index in [2.05, 4.69) is 25.7 Å². The zero-order valence-electron chi connectivity index (χ0n) is 14.6. The fraction of sp³-hybridized carbons (Fsp3) is 1.00. The third-order valence-electron chi connectivity index (χ3n) is 5.31. The van der Waals surface area contributed by atoms with E-state index in [1.165, 1.54) is 4.43 Å². The Balaban J connectivity index is 2.11. The zero-order chi connectivity index (χ0) is 16.1. The van der Waals surface area contributed by atoms with Gasteiger partial charge >= 0.3 is 140 Å². The maximum atomic E-state index is 6.28. The van der Waals surface area contributed by atoms with Crippen molar-refractivity contribution >= 4 is 14.0 Å². The summed E-state index contributed by atoms with van der Waals surface area (Å²) in [4.78, 5) is 2.30. The molecule has 0 aromatic carbocycles. The van der Waals surface area contributed by atoms with Crippen LogP contribution in [-0.4, -0.2) is 45.8 Å². The van der Waals surface area contributed by atoms with E-state index in [9.17, 15) is 0 Å². The summed E-state index contributed by atoms with van der Waals surface area (Å²) in [5, 5.41) is 0. The molecule has 21 heavy (non-hydrogen) atoms. The monoisotopic (exact) mass is 409 g/mol. The first-order valence-corrected chi connectivity index (χ1v) is 11.3. The molecule has 0 aromatic heterocycles. The van der Waals surface area contributed by atoms with Gasteiger partial charge in [0.15, 0.2) is 0 Å². The molecule has 122 valence electrons. The molecule has 2 fully saturated rings. The SMILES string of the molecule is C[I-]CCC1(C)OB(B2OC(C)(C)C(C)(C)O2)OC1(C)C. The van der Waals surface area contributed by atoms with Gasteiger partial charge in [0.05, 0.1) is 0 Å². The number of halogens is 1. The molecular weight excluding hydrogens is 381 g/mol. The van der Waals surface area contributed by atoms with Crippen LogP contribution in [0, 0.1) is 0 Å². The van der Waals surface area contributed by atoms with Gasteiger partial charge in [0.25, 0.3) is 0 Å². The van der Waals surface area contributed by atoms with Crippen molar-refractivity contribution in [2.75, 3.05) is 9.36 Å². The molecule has 0 amide bonds. The van der Waals surface area contributed by atoms with E-state index in [4.69, 9.17) is 18.6 Å². The number of hydrogen-bond donors (Lipinski definition) is 0. The summed E-state index contributed by atoms with van der Waals surface area (Å²) in [6.07, 6.45) is 1.03. The van der Waals surface area contributed by atoms with Gasteiger partial charge in [0, 0.05) is 0 Å². The molecule has 0 radical (unpaired) electrons. The van der Waals surface area contributed by atoms with E-state index < -0.39 is 14.0 Å². The summed E-state index contributed by atoms with van der Waals surface area (Å²) < 4.78 is 25.8. The molecule has 4 nitrogen and oxygen atoms in total. The van der Waals surface area contributed by atoms with E-state index >= 15 is 0 Å². The summed E-state index contributed by atoms with van der Waals surface area (Å²) in [7, 11) is -0.923. The Labute approximate surface area is 140 Å². The van der Waals surface area contributed by atoms with Crippen LogP contribution < -0.4 is 21.2 Å². The van der Waals surface area contributed by atoms with Crippen LogP contribution in [0.5, 0.6) is 0 Å². The minimum absolute atomic E-state index is 0.260. The Morgan fingerprint density at radius 3 is 1.62 bits per heavy atom. The fourth-order valence-electron chi connectivity index (χ4n) is 2.58. The predicted octanol–water partition coefficient (Wildman–Crippen LogP) is -0.662. The third-order valence-corrected chi connectivity index (χ3v) is 6.93. The molecular formula is C14H28B2IO4-. The van der Waals surface area contributed by atoms with Crippen molar-refractivity contribution in [3.8, 4) is 0 Å². The van der Waals surface area contributed by atoms with E-state index in [-0.39, 0.29) is 43.6 Å². The Bertz CT molecular complexity index is 386. The van der Waals surface area contributed by atoms with Gasteiger partial charge in [-0.05, 0) is 0 Å². The Kier molecular flexibility index (Phi) is 4.86. The first-order valence-electron chi connectivity index (χ1n) is 7.59. The second-order valence-corrected chi connectivity index (χ2v) is 10.3. The van der Waals surface area contributed by atoms with Crippen molar-refractivity contribution < 1.29 is 39.8 Å². The van der Waals surface area contributed by atoms with E-state index in [1.54, 1.807) is 0 Å². The number of rotatable bonds is 4. The summed E-state index contributed by atoms with van der Waals surface area (Å²) in [6, 6.07) is 0. The summed E-state index contributed by atoms with van der Waals surface area (Å²) in [6.45, 7) is 14.6. The quantitative estimate of drug-likeness (QED) is 0.351. The average Bonchev–Trinajstić information content (AvgIpc) is 2.68. The topological polar surface area (TPSA) is 36.9 Å². The van der Waals surface area contributed by atoms with Crippen LogP contribution in [0.4, 0.5) is 0 Å². The zero-order valence-corrected chi connectivity index (χ0v) is 16.7. The van der Waals surface area contributed by atoms with Gasteiger partial charge in [-0.15, -0.1) is 0 Å². The van der Waals surface area contributed by atoms with Crippen molar-refractivity contribution in [1.82, 2.24) is 0 Å². The van der Waals surface area contributed by atoms with Crippen LogP contribution in [0.2, 0.25) is 0 Å². The van der Waals surface area contributed by atoms with Gasteiger partial charge in [-0.25, -0.2) is 0 Å². The summed E-state index contributed by atoms with van der Waals surface area (Å²) in [5.41, 5.74) is -1.33. The van der Waals surface area contributed by atoms with Gasteiger partial charge < -0.3 is 0 Å². The summed E-state index contributed by atoms with van der Waals surface area (Å²) in [5.74, 6) is 0. The summed E-state index contributed by atoms with van der Waals surface area (Å²) >= 11 is 0.260. The van der Waals surface area contributed by atoms with Crippen molar-refractivity contribution in [2.45, 2.75) is 77.3 Å². The first-order chi connectivity index (χ1) is 9.44. The van der Waals surface area contributed by atoms with Crippen LogP contribution in [0.1, 0.15) is 54.9 Å². The van der Waals surface area contributed by atoms with E-state index in [0.29, 0.717) is 0 Å². The van der Waals surface area contributed by atoms with E-state index in [1.807, 2.05) is 27.7 Å². The Morgan fingerprint density at radius 2 is 1.14 bits per heavy atom. The van der Waals surface area contributed by atoms with Crippen molar-refractivity contribution in [3.05, 3.63) is 0 Å². The van der Waals surface area contributed by atoms with Crippen molar-refractivity contribution in [3.63, 3.8) is 0 Å². The molecule has 0 aliphatic carbocycles. The molecule has 0 aromatic rings. The molecule has 0 N–H and O–H groups in total. The second kappa shape index (κ2) is 5.65. The van der Waals surface area contributed by atoms with E-state index in [0.717, 1.165) is 6.42 Å². The molecule has 2 heterocycles. The molecule has 0 saturated carbocycles. The van der Waals surface area contributed by atoms with Crippen LogP contribution in [-0.2, 0) is 18.6 Å². The van der Waals surface area contributed by atoms with Crippen LogP contribution >= 0.6 is 0 Å². The second-order valence-electron chi connectivity index (χ2n) is 7.68. The standard InChI is InChI=1S/C14H28B2IO4/c1-11(2)12(3,4)19-15(18-11)16-20-13(5,6)14(7,21-16)9-10-17-8/h9-10H2,1-8H3/q-1. The van der Waals surface area contributed by atoms with Gasteiger partial charge in [-0.1, -0.05) is 0 Å². The molecule has 2 saturated heterocycles. The third kappa shape index (κ3) is 3.18. The maximum absolute atomic E-state index is 6.28. The van der Waals surface area contributed by atoms with Crippen LogP contribution in [0.15, 0.2) is 0 Å². The molecule has 0 bridgehead atoms. The molecule has 2 aliphatic heterocycles. The number of hydrogen-bond acceptors (Lipinski definition) is 4. The normalized spacial score (nSPS) is 33.9. The van der Waals surface area contributed by atoms with Crippen molar-refractivity contribution in [2.24, 2.45) is 0 Å². The minimum atomic E-state index is -0.465. The molecule has 1 atom stereocenters. The van der Waals surface area contributed by atoms with Gasteiger partial charge in [-0.3, -0.25) is 0 Å². The van der Waals surface area contributed by atoms with Gasteiger partial charge in [0.2, 0.25) is 0 Å².